The van der Waals surface area contributed by atoms with E-state index in [2.05, 4.69) is 17.2 Å². The number of hydrogen-bond donors (Lipinski definition) is 1. The van der Waals surface area contributed by atoms with Gasteiger partial charge in [-0.15, -0.1) is 0 Å². The summed E-state index contributed by atoms with van der Waals surface area (Å²) in [7, 11) is 0. The molecule has 1 N–H and O–H groups in total. The summed E-state index contributed by atoms with van der Waals surface area (Å²) in [6.07, 6.45) is 12.0. The van der Waals surface area contributed by atoms with E-state index in [1.807, 2.05) is 12.1 Å². The molecule has 1 aromatic heterocycles. The van der Waals surface area contributed by atoms with Gasteiger partial charge in [-0.3, -0.25) is 9.78 Å². The zero-order chi connectivity index (χ0) is 15.6. The number of aromatic nitrogens is 1. The normalized spacial score (nSPS) is 21.5. The summed E-state index contributed by atoms with van der Waals surface area (Å²) in [4.78, 5) is 16.1. The second-order valence-corrected chi connectivity index (χ2v) is 6.09. The minimum Gasteiger partial charge on any atom is -0.373 e. The van der Waals surface area contributed by atoms with Crippen molar-refractivity contribution in [1.82, 2.24) is 10.3 Å². The summed E-state index contributed by atoms with van der Waals surface area (Å²) in [5, 5.41) is 3.17. The molecule has 0 radical (unpaired) electrons. The van der Waals surface area contributed by atoms with Gasteiger partial charge in [0.1, 0.15) is 0 Å². The van der Waals surface area contributed by atoms with E-state index in [1.54, 1.807) is 12.4 Å². The predicted molar refractivity (Wildman–Crippen MR) is 87.5 cm³/mol. The van der Waals surface area contributed by atoms with Crippen LogP contribution in [0.15, 0.2) is 24.5 Å². The van der Waals surface area contributed by atoms with Crippen LogP contribution >= 0.6 is 0 Å². The van der Waals surface area contributed by atoms with E-state index < -0.39 is 0 Å². The van der Waals surface area contributed by atoms with Crippen molar-refractivity contribution in [3.05, 3.63) is 30.1 Å². The maximum Gasteiger partial charge on any atom is 0.220 e. The Balaban J connectivity index is 1.70. The van der Waals surface area contributed by atoms with Gasteiger partial charge in [-0.1, -0.05) is 32.6 Å². The van der Waals surface area contributed by atoms with E-state index in [0.29, 0.717) is 13.0 Å². The topological polar surface area (TPSA) is 51.2 Å². The van der Waals surface area contributed by atoms with Crippen LogP contribution < -0.4 is 5.32 Å². The lowest BCUT2D eigenvalue weighted by Gasteiger charge is -2.30. The molecule has 2 heterocycles. The predicted octanol–water partition coefficient (Wildman–Crippen LogP) is 3.78. The van der Waals surface area contributed by atoms with Crippen LogP contribution in [-0.2, 0) is 9.53 Å². The number of unbranched alkanes of at least 4 members (excludes halogenated alkanes) is 4. The quantitative estimate of drug-likeness (QED) is 0.744. The molecular weight excluding hydrogens is 276 g/mol. The Morgan fingerprint density at radius 1 is 1.27 bits per heavy atom. The molecule has 0 bridgehead atoms. The van der Waals surface area contributed by atoms with Gasteiger partial charge in [-0.05, 0) is 37.0 Å². The zero-order valence-electron chi connectivity index (χ0n) is 13.6. The van der Waals surface area contributed by atoms with Crippen molar-refractivity contribution in [2.24, 2.45) is 0 Å². The first-order chi connectivity index (χ1) is 10.8. The fourth-order valence-corrected chi connectivity index (χ4v) is 2.93. The smallest absolute Gasteiger partial charge is 0.220 e. The molecule has 1 saturated heterocycles. The summed E-state index contributed by atoms with van der Waals surface area (Å²) in [6.45, 7) is 2.91. The van der Waals surface area contributed by atoms with Crippen molar-refractivity contribution in [2.75, 3.05) is 6.61 Å². The number of ether oxygens (including phenoxy) is 1. The molecule has 0 aromatic carbocycles. The molecule has 4 heteroatoms. The van der Waals surface area contributed by atoms with Crippen LogP contribution in [0.3, 0.4) is 0 Å². The van der Waals surface area contributed by atoms with Crippen LogP contribution in [0.25, 0.3) is 0 Å². The van der Waals surface area contributed by atoms with Gasteiger partial charge in [0.25, 0.3) is 0 Å². The Morgan fingerprint density at radius 3 is 2.82 bits per heavy atom. The fraction of sp³-hybridized carbons (Fsp3) is 0.667. The third-order valence-electron chi connectivity index (χ3n) is 4.23. The van der Waals surface area contributed by atoms with Gasteiger partial charge >= 0.3 is 0 Å². The lowest BCUT2D eigenvalue weighted by molar-refractivity contribution is -0.123. The molecule has 122 valence electrons. The van der Waals surface area contributed by atoms with Crippen LogP contribution in [0.2, 0.25) is 0 Å². The minimum absolute atomic E-state index is 0.0756. The fourth-order valence-electron chi connectivity index (χ4n) is 2.93. The Bertz CT molecular complexity index is 436. The lowest BCUT2D eigenvalue weighted by atomic mass is 9.98. The average Bonchev–Trinajstić information content (AvgIpc) is 2.56. The first-order valence-electron chi connectivity index (χ1n) is 8.60. The number of rotatable bonds is 8. The maximum atomic E-state index is 12.0. The first kappa shape index (κ1) is 16.9. The second-order valence-electron chi connectivity index (χ2n) is 6.09. The van der Waals surface area contributed by atoms with Crippen molar-refractivity contribution < 1.29 is 9.53 Å². The molecule has 1 fully saturated rings. The number of carbonyl (C=O) groups is 1. The van der Waals surface area contributed by atoms with E-state index in [9.17, 15) is 4.79 Å². The number of nitrogens with zero attached hydrogens (tertiary/aromatic N) is 1. The van der Waals surface area contributed by atoms with Crippen molar-refractivity contribution in [1.29, 1.82) is 0 Å². The third kappa shape index (κ3) is 5.76. The molecule has 1 amide bonds. The molecule has 0 saturated carbocycles. The molecular formula is C18H28N2O2. The number of pyridine rings is 1. The highest BCUT2D eigenvalue weighted by Gasteiger charge is 2.24. The SMILES string of the molecule is CCCCCCCC(=O)N[C@@H]1CCO[C@H](c2ccncc2)C1. The number of nitrogens with one attached hydrogen (secondary N) is 1. The Labute approximate surface area is 133 Å². The highest BCUT2D eigenvalue weighted by Crippen LogP contribution is 2.27. The van der Waals surface area contributed by atoms with Gasteiger partial charge in [0, 0.05) is 31.5 Å². The monoisotopic (exact) mass is 304 g/mol. The highest BCUT2D eigenvalue weighted by molar-refractivity contribution is 5.76. The lowest BCUT2D eigenvalue weighted by Crippen LogP contribution is -2.39. The van der Waals surface area contributed by atoms with E-state index in [0.717, 1.165) is 31.2 Å². The summed E-state index contributed by atoms with van der Waals surface area (Å²) < 4.78 is 5.82. The Morgan fingerprint density at radius 2 is 2.05 bits per heavy atom. The molecule has 0 unspecified atom stereocenters. The second kappa shape index (κ2) is 9.57. The molecule has 0 spiro atoms. The van der Waals surface area contributed by atoms with Crippen LogP contribution in [0.5, 0.6) is 0 Å². The van der Waals surface area contributed by atoms with Crippen molar-refractivity contribution in [3.63, 3.8) is 0 Å². The van der Waals surface area contributed by atoms with Crippen LogP contribution in [-0.4, -0.2) is 23.5 Å². The summed E-state index contributed by atoms with van der Waals surface area (Å²) in [5.41, 5.74) is 1.15. The molecule has 1 aromatic rings. The zero-order valence-corrected chi connectivity index (χ0v) is 13.6. The first-order valence-corrected chi connectivity index (χ1v) is 8.60. The van der Waals surface area contributed by atoms with Gasteiger partial charge in [-0.2, -0.15) is 0 Å². The van der Waals surface area contributed by atoms with Gasteiger partial charge < -0.3 is 10.1 Å². The summed E-state index contributed by atoms with van der Waals surface area (Å²) in [6, 6.07) is 4.21. The molecule has 22 heavy (non-hydrogen) atoms. The average molecular weight is 304 g/mol. The van der Waals surface area contributed by atoms with E-state index in [4.69, 9.17) is 4.74 Å². The van der Waals surface area contributed by atoms with Crippen molar-refractivity contribution >= 4 is 5.91 Å². The molecule has 2 atom stereocenters. The maximum absolute atomic E-state index is 12.0. The van der Waals surface area contributed by atoms with Gasteiger partial charge in [-0.25, -0.2) is 0 Å². The highest BCUT2D eigenvalue weighted by atomic mass is 16.5. The van der Waals surface area contributed by atoms with Crippen LogP contribution in [0, 0.1) is 0 Å². The van der Waals surface area contributed by atoms with Crippen LogP contribution in [0.4, 0.5) is 0 Å². The Kier molecular flexibility index (Phi) is 7.37. The number of hydrogen-bond acceptors (Lipinski definition) is 3. The van der Waals surface area contributed by atoms with Crippen molar-refractivity contribution in [2.45, 2.75) is 70.4 Å². The van der Waals surface area contributed by atoms with Crippen LogP contribution in [0.1, 0.15) is 70.0 Å². The standard InChI is InChI=1S/C18H28N2O2/c1-2-3-4-5-6-7-18(21)20-16-10-13-22-17(14-16)15-8-11-19-12-9-15/h8-9,11-12,16-17H,2-7,10,13-14H2,1H3,(H,20,21)/t16-,17+/m1/s1. The minimum atomic E-state index is 0.0756. The van der Waals surface area contributed by atoms with E-state index in [-0.39, 0.29) is 18.1 Å². The number of amides is 1. The third-order valence-corrected chi connectivity index (χ3v) is 4.23. The summed E-state index contributed by atoms with van der Waals surface area (Å²) >= 11 is 0. The molecule has 1 aliphatic heterocycles. The molecule has 2 rings (SSSR count). The van der Waals surface area contributed by atoms with Crippen molar-refractivity contribution in [3.8, 4) is 0 Å². The van der Waals surface area contributed by atoms with E-state index in [1.165, 1.54) is 19.3 Å². The van der Waals surface area contributed by atoms with Gasteiger partial charge in [0.15, 0.2) is 0 Å². The van der Waals surface area contributed by atoms with Gasteiger partial charge in [0.05, 0.1) is 6.10 Å². The Hall–Kier alpha value is -1.42. The largest absolute Gasteiger partial charge is 0.373 e. The molecule has 4 nitrogen and oxygen atoms in total. The molecule has 1 aliphatic rings. The van der Waals surface area contributed by atoms with E-state index >= 15 is 0 Å². The summed E-state index contributed by atoms with van der Waals surface area (Å²) in [5.74, 6) is 0.192. The molecule has 0 aliphatic carbocycles. The number of carbonyl (C=O) groups excluding carboxylic acids is 1. The van der Waals surface area contributed by atoms with Gasteiger partial charge in [0.2, 0.25) is 5.91 Å².